The Balaban J connectivity index is 2.46. The van der Waals surface area contributed by atoms with Gasteiger partial charge in [0.1, 0.15) is 11.6 Å². The van der Waals surface area contributed by atoms with Crippen molar-refractivity contribution < 1.29 is 4.39 Å². The fourth-order valence-electron chi connectivity index (χ4n) is 2.24. The average Bonchev–Trinajstić information content (AvgIpc) is 2.42. The van der Waals surface area contributed by atoms with E-state index < -0.39 is 11.4 Å². The van der Waals surface area contributed by atoms with Crippen molar-refractivity contribution in [1.29, 1.82) is 0 Å². The molecule has 0 aliphatic heterocycles. The summed E-state index contributed by atoms with van der Waals surface area (Å²) in [6, 6.07) is 9.01. The van der Waals surface area contributed by atoms with Crippen LogP contribution in [0.25, 0.3) is 16.6 Å². The first-order chi connectivity index (χ1) is 9.99. The summed E-state index contributed by atoms with van der Waals surface area (Å²) in [4.78, 5) is 16.9. The lowest BCUT2D eigenvalue weighted by molar-refractivity contribution is 0.613. The topological polar surface area (TPSA) is 34.9 Å². The number of aryl methyl sites for hydroxylation is 1. The lowest BCUT2D eigenvalue weighted by Crippen LogP contribution is -2.23. The summed E-state index contributed by atoms with van der Waals surface area (Å²) < 4.78 is 15.2. The Bertz CT molecular complexity index is 921. The Morgan fingerprint density at radius 2 is 1.90 bits per heavy atom. The molecule has 6 heteroatoms. The summed E-state index contributed by atoms with van der Waals surface area (Å²) in [6.45, 7) is 1.62. The third kappa shape index (κ3) is 2.30. The van der Waals surface area contributed by atoms with E-state index in [0.717, 1.165) is 0 Å². The Morgan fingerprint density at radius 3 is 2.62 bits per heavy atom. The quantitative estimate of drug-likeness (QED) is 0.674. The highest BCUT2D eigenvalue weighted by molar-refractivity contribution is 6.38. The minimum Gasteiger partial charge on any atom is -0.268 e. The fourth-order valence-corrected chi connectivity index (χ4v) is 2.77. The molecule has 0 radical (unpaired) electrons. The molecule has 3 aromatic rings. The molecule has 0 unspecified atom stereocenters. The largest absolute Gasteiger partial charge is 0.268 e. The molecule has 0 spiro atoms. The standard InChI is InChI=1S/C15H9Cl2FN2O/c1-8-19-14-10(6-9(16)7-11(14)17)15(21)20(8)13-5-3-2-4-12(13)18/h2-7H,1H3. The molecular weight excluding hydrogens is 314 g/mol. The molecule has 0 amide bonds. The van der Waals surface area contributed by atoms with Crippen LogP contribution < -0.4 is 5.56 Å². The molecule has 0 bridgehead atoms. The van der Waals surface area contributed by atoms with Crippen LogP contribution in [-0.4, -0.2) is 9.55 Å². The molecule has 0 fully saturated rings. The number of aromatic nitrogens is 2. The summed E-state index contributed by atoms with van der Waals surface area (Å²) in [5.41, 5.74) is 0.0913. The van der Waals surface area contributed by atoms with E-state index in [-0.39, 0.29) is 11.1 Å². The molecule has 1 aromatic heterocycles. The van der Waals surface area contributed by atoms with Crippen LogP contribution in [-0.2, 0) is 0 Å². The van der Waals surface area contributed by atoms with Gasteiger partial charge in [0.25, 0.3) is 5.56 Å². The van der Waals surface area contributed by atoms with Crippen molar-refractivity contribution in [1.82, 2.24) is 9.55 Å². The first kappa shape index (κ1) is 14.0. The van der Waals surface area contributed by atoms with Gasteiger partial charge in [-0.15, -0.1) is 0 Å². The first-order valence-electron chi connectivity index (χ1n) is 6.12. The van der Waals surface area contributed by atoms with Crippen LogP contribution in [0, 0.1) is 12.7 Å². The summed E-state index contributed by atoms with van der Waals surface area (Å²) >= 11 is 12.0. The van der Waals surface area contributed by atoms with Gasteiger partial charge in [-0.05, 0) is 31.2 Å². The Hall–Kier alpha value is -1.91. The molecule has 106 valence electrons. The van der Waals surface area contributed by atoms with Crippen LogP contribution in [0.2, 0.25) is 10.0 Å². The minimum absolute atomic E-state index is 0.144. The molecule has 0 saturated heterocycles. The summed E-state index contributed by atoms with van der Waals surface area (Å²) in [6.07, 6.45) is 0. The van der Waals surface area contributed by atoms with Crippen molar-refractivity contribution in [2.45, 2.75) is 6.92 Å². The van der Waals surface area contributed by atoms with Gasteiger partial charge in [-0.2, -0.15) is 0 Å². The molecule has 0 saturated carbocycles. The summed E-state index contributed by atoms with van der Waals surface area (Å²) in [5, 5.41) is 0.870. The number of rotatable bonds is 1. The van der Waals surface area contributed by atoms with E-state index in [1.165, 1.54) is 28.8 Å². The first-order valence-corrected chi connectivity index (χ1v) is 6.88. The van der Waals surface area contributed by atoms with E-state index in [2.05, 4.69) is 4.98 Å². The van der Waals surface area contributed by atoms with Crippen LogP contribution >= 0.6 is 23.2 Å². The van der Waals surface area contributed by atoms with Crippen molar-refractivity contribution in [3.05, 3.63) is 68.4 Å². The molecule has 0 N–H and O–H groups in total. The smallest absolute Gasteiger partial charge is 0.266 e. The van der Waals surface area contributed by atoms with Crippen molar-refractivity contribution >= 4 is 34.1 Å². The van der Waals surface area contributed by atoms with Crippen molar-refractivity contribution in [3.63, 3.8) is 0 Å². The molecule has 0 aliphatic carbocycles. The minimum atomic E-state index is -0.503. The maximum absolute atomic E-state index is 14.0. The number of para-hydroxylation sites is 1. The number of hydrogen-bond acceptors (Lipinski definition) is 2. The average molecular weight is 323 g/mol. The highest BCUT2D eigenvalue weighted by Crippen LogP contribution is 2.25. The van der Waals surface area contributed by atoms with Gasteiger partial charge < -0.3 is 0 Å². The number of halogens is 3. The number of nitrogens with zero attached hydrogens (tertiary/aromatic N) is 2. The molecule has 1 heterocycles. The lowest BCUT2D eigenvalue weighted by atomic mass is 10.2. The van der Waals surface area contributed by atoms with Gasteiger partial charge in [0.2, 0.25) is 0 Å². The zero-order valence-electron chi connectivity index (χ0n) is 10.9. The molecule has 3 nitrogen and oxygen atoms in total. The number of benzene rings is 2. The molecule has 2 aromatic carbocycles. The molecule has 3 rings (SSSR count). The Kier molecular flexibility index (Phi) is 3.43. The Labute approximate surface area is 129 Å². The maximum atomic E-state index is 14.0. The van der Waals surface area contributed by atoms with Crippen molar-refractivity contribution in [2.24, 2.45) is 0 Å². The van der Waals surface area contributed by atoms with E-state index >= 15 is 0 Å². The van der Waals surface area contributed by atoms with Gasteiger partial charge in [-0.1, -0.05) is 35.3 Å². The monoisotopic (exact) mass is 322 g/mol. The van der Waals surface area contributed by atoms with Crippen molar-refractivity contribution in [3.8, 4) is 5.69 Å². The fraction of sp³-hybridized carbons (Fsp3) is 0.0667. The van der Waals surface area contributed by atoms with Gasteiger partial charge in [-0.3, -0.25) is 9.36 Å². The van der Waals surface area contributed by atoms with E-state index in [1.807, 2.05) is 0 Å². The lowest BCUT2D eigenvalue weighted by Gasteiger charge is -2.12. The highest BCUT2D eigenvalue weighted by atomic mass is 35.5. The van der Waals surface area contributed by atoms with Gasteiger partial charge in [-0.25, -0.2) is 9.37 Å². The molecule has 0 atom stereocenters. The third-order valence-electron chi connectivity index (χ3n) is 3.15. The SMILES string of the molecule is Cc1nc2c(Cl)cc(Cl)cc2c(=O)n1-c1ccccc1F. The zero-order valence-corrected chi connectivity index (χ0v) is 12.4. The Morgan fingerprint density at radius 1 is 1.19 bits per heavy atom. The van der Waals surface area contributed by atoms with Gasteiger partial charge in [0, 0.05) is 5.02 Å². The van der Waals surface area contributed by atoms with Gasteiger partial charge in [0.05, 0.1) is 21.6 Å². The number of hydrogen-bond donors (Lipinski definition) is 0. The number of fused-ring (bicyclic) bond motifs is 1. The van der Waals surface area contributed by atoms with E-state index in [0.29, 0.717) is 21.4 Å². The summed E-state index contributed by atoms with van der Waals surface area (Å²) in [7, 11) is 0. The van der Waals surface area contributed by atoms with Crippen molar-refractivity contribution in [2.75, 3.05) is 0 Å². The normalized spacial score (nSPS) is 11.0. The second-order valence-corrected chi connectivity index (χ2v) is 5.38. The van der Waals surface area contributed by atoms with Gasteiger partial charge in [0.15, 0.2) is 0 Å². The van der Waals surface area contributed by atoms with E-state index in [9.17, 15) is 9.18 Å². The molecule has 21 heavy (non-hydrogen) atoms. The zero-order chi connectivity index (χ0) is 15.1. The van der Waals surface area contributed by atoms with E-state index in [4.69, 9.17) is 23.2 Å². The maximum Gasteiger partial charge on any atom is 0.266 e. The highest BCUT2D eigenvalue weighted by Gasteiger charge is 2.15. The van der Waals surface area contributed by atoms with E-state index in [1.54, 1.807) is 19.1 Å². The van der Waals surface area contributed by atoms with Crippen LogP contribution in [0.4, 0.5) is 4.39 Å². The van der Waals surface area contributed by atoms with Crippen LogP contribution in [0.1, 0.15) is 5.82 Å². The molecule has 0 aliphatic rings. The molecular formula is C15H9Cl2FN2O. The summed E-state index contributed by atoms with van der Waals surface area (Å²) in [5.74, 6) is -0.154. The second kappa shape index (κ2) is 5.13. The van der Waals surface area contributed by atoms with Crippen LogP contribution in [0.3, 0.4) is 0 Å². The predicted octanol–water partition coefficient (Wildman–Crippen LogP) is 4.14. The van der Waals surface area contributed by atoms with Gasteiger partial charge >= 0.3 is 0 Å². The second-order valence-electron chi connectivity index (χ2n) is 4.53. The van der Waals surface area contributed by atoms with Crippen LogP contribution in [0.5, 0.6) is 0 Å². The third-order valence-corrected chi connectivity index (χ3v) is 3.66. The van der Waals surface area contributed by atoms with Crippen LogP contribution in [0.15, 0.2) is 41.2 Å². The predicted molar refractivity (Wildman–Crippen MR) is 82.1 cm³/mol.